The molecule has 7 rings (SSSR count). The molecule has 198 valence electrons. The molecule has 3 atom stereocenters. The van der Waals surface area contributed by atoms with Crippen molar-refractivity contribution in [2.24, 2.45) is 17.3 Å². The van der Waals surface area contributed by atoms with Gasteiger partial charge in [-0.2, -0.15) is 0 Å². The number of anilines is 2. The highest BCUT2D eigenvalue weighted by Gasteiger charge is 2.42. The van der Waals surface area contributed by atoms with E-state index in [4.69, 9.17) is 0 Å². The van der Waals surface area contributed by atoms with Crippen LogP contribution in [0.4, 0.5) is 10.9 Å². The molecule has 37 heavy (non-hydrogen) atoms. The van der Waals surface area contributed by atoms with Crippen molar-refractivity contribution in [2.45, 2.75) is 82.7 Å². The fraction of sp³-hybridized carbons (Fsp3) is 0.704. The third-order valence-electron chi connectivity index (χ3n) is 9.23. The Kier molecular flexibility index (Phi) is 5.99. The van der Waals surface area contributed by atoms with Crippen LogP contribution in [0, 0.1) is 17.3 Å². The van der Waals surface area contributed by atoms with Crippen molar-refractivity contribution < 1.29 is 9.59 Å². The van der Waals surface area contributed by atoms with Gasteiger partial charge in [0.2, 0.25) is 11.9 Å². The molecule has 9 nitrogen and oxygen atoms in total. The number of aryl methyl sites for hydroxylation is 1. The first-order chi connectivity index (χ1) is 18.1. The molecular formula is C27H37N7O2S. The fourth-order valence-electron chi connectivity index (χ4n) is 6.65. The Hall–Kier alpha value is -2.46. The van der Waals surface area contributed by atoms with Gasteiger partial charge in [0.05, 0.1) is 5.56 Å². The minimum atomic E-state index is -0.0420. The second kappa shape index (κ2) is 9.38. The number of nitrogens with zero attached hydrogens (tertiary/aromatic N) is 3. The van der Waals surface area contributed by atoms with Crippen LogP contribution in [-0.2, 0) is 17.6 Å². The average Bonchev–Trinajstić information content (AvgIpc) is 3.75. The smallest absolute Gasteiger partial charge is 0.254 e. The molecule has 1 spiro atoms. The quantitative estimate of drug-likeness (QED) is 0.421. The van der Waals surface area contributed by atoms with Gasteiger partial charge >= 0.3 is 0 Å². The average molecular weight is 524 g/mol. The summed E-state index contributed by atoms with van der Waals surface area (Å²) in [6.07, 6.45) is 13.6. The Labute approximate surface area is 221 Å². The van der Waals surface area contributed by atoms with E-state index >= 15 is 0 Å². The number of carbonyl (C=O) groups is 2. The maximum Gasteiger partial charge on any atom is 0.254 e. The highest BCUT2D eigenvalue weighted by molar-refractivity contribution is 7.17. The van der Waals surface area contributed by atoms with E-state index in [9.17, 15) is 9.59 Å². The van der Waals surface area contributed by atoms with Crippen LogP contribution in [0.1, 0.15) is 84.6 Å². The van der Waals surface area contributed by atoms with Gasteiger partial charge in [0, 0.05) is 36.0 Å². The Balaban J connectivity index is 1.10. The van der Waals surface area contributed by atoms with E-state index in [1.165, 1.54) is 43.4 Å². The van der Waals surface area contributed by atoms with E-state index in [0.29, 0.717) is 22.9 Å². The van der Waals surface area contributed by atoms with Gasteiger partial charge in [0.15, 0.2) is 0 Å². The molecule has 5 aliphatic rings. The van der Waals surface area contributed by atoms with Crippen LogP contribution in [0.25, 0.3) is 0 Å². The van der Waals surface area contributed by atoms with Crippen molar-refractivity contribution >= 4 is 34.1 Å². The van der Waals surface area contributed by atoms with E-state index in [0.717, 1.165) is 68.3 Å². The predicted octanol–water partition coefficient (Wildman–Crippen LogP) is 3.50. The molecule has 0 aromatic carbocycles. The van der Waals surface area contributed by atoms with Crippen LogP contribution in [-0.4, -0.2) is 52.3 Å². The number of carbonyl (C=O) groups excluding carboxylic acids is 2. The van der Waals surface area contributed by atoms with Gasteiger partial charge in [0.1, 0.15) is 11.3 Å². The molecule has 3 saturated carbocycles. The van der Waals surface area contributed by atoms with Gasteiger partial charge < -0.3 is 21.3 Å². The molecule has 4 N–H and O–H groups in total. The lowest BCUT2D eigenvalue weighted by molar-refractivity contribution is -0.117. The number of rotatable bonds is 8. The van der Waals surface area contributed by atoms with Gasteiger partial charge in [-0.25, -0.2) is 0 Å². The first-order valence-electron chi connectivity index (χ1n) is 14.2. The molecule has 2 unspecified atom stereocenters. The number of amides is 2. The fourth-order valence-corrected chi connectivity index (χ4v) is 7.89. The lowest BCUT2D eigenvalue weighted by Gasteiger charge is -2.26. The molecule has 1 aliphatic heterocycles. The summed E-state index contributed by atoms with van der Waals surface area (Å²) >= 11 is 1.60. The number of fused-ring (bicyclic) bond motifs is 1. The number of thiophene rings is 1. The van der Waals surface area contributed by atoms with E-state index in [1.54, 1.807) is 11.3 Å². The van der Waals surface area contributed by atoms with Gasteiger partial charge in [-0.1, -0.05) is 0 Å². The summed E-state index contributed by atoms with van der Waals surface area (Å²) in [6, 6.07) is 0.612. The number of aromatic nitrogens is 3. The summed E-state index contributed by atoms with van der Waals surface area (Å²) in [5.74, 6) is 1.58. The Morgan fingerprint density at radius 2 is 2.05 bits per heavy atom. The number of hydrogen-bond acceptors (Lipinski definition) is 7. The molecule has 2 aromatic rings. The van der Waals surface area contributed by atoms with Gasteiger partial charge in [0.25, 0.3) is 5.91 Å². The zero-order valence-electron chi connectivity index (χ0n) is 21.4. The van der Waals surface area contributed by atoms with Crippen LogP contribution in [0.3, 0.4) is 0 Å². The summed E-state index contributed by atoms with van der Waals surface area (Å²) in [7, 11) is 0. The second-order valence-corrected chi connectivity index (χ2v) is 13.2. The molecule has 2 amide bonds. The zero-order chi connectivity index (χ0) is 25.0. The third kappa shape index (κ3) is 4.78. The van der Waals surface area contributed by atoms with Gasteiger partial charge in [-0.05, 0) is 94.1 Å². The second-order valence-electron chi connectivity index (χ2n) is 12.1. The Bertz CT molecular complexity index is 1190. The molecule has 0 radical (unpaired) electrons. The van der Waals surface area contributed by atoms with Crippen molar-refractivity contribution in [1.82, 2.24) is 25.4 Å². The Morgan fingerprint density at radius 1 is 1.16 bits per heavy atom. The van der Waals surface area contributed by atoms with E-state index in [-0.39, 0.29) is 23.8 Å². The molecule has 10 heteroatoms. The van der Waals surface area contributed by atoms with Crippen molar-refractivity contribution in [2.75, 3.05) is 30.3 Å². The molecular weight excluding hydrogens is 486 g/mol. The standard InChI is InChI=1S/C27H37N7O2S/c35-23(17-3-4-17)32-25-22(24(36)29-13-16-1-2-16)20-11-19(5-6-21(20)37-25)34-15-30-33-26(34)31-18-7-8-27(12-18)9-10-28-14-27/h15-19,28H,1-14H2,(H,29,36)(H,31,33)(H,32,35)/t18?,19-,27?/m0/s1. The maximum atomic E-state index is 13.4. The molecule has 0 bridgehead atoms. The molecule has 2 aromatic heterocycles. The number of nitrogens with one attached hydrogen (secondary N) is 4. The molecule has 1 saturated heterocycles. The minimum Gasteiger partial charge on any atom is -0.352 e. The SMILES string of the molecule is O=C(NCC1CC1)c1c(NC(=O)C2CC2)sc2c1C[C@@H](n1cnnc1NC1CCC3(CCNC3)C1)CC2. The molecule has 4 fully saturated rings. The van der Waals surface area contributed by atoms with E-state index in [1.807, 2.05) is 6.33 Å². The lowest BCUT2D eigenvalue weighted by atomic mass is 9.85. The predicted molar refractivity (Wildman–Crippen MR) is 143 cm³/mol. The summed E-state index contributed by atoms with van der Waals surface area (Å²) < 4.78 is 2.19. The van der Waals surface area contributed by atoms with Crippen LogP contribution in [0.2, 0.25) is 0 Å². The van der Waals surface area contributed by atoms with Crippen LogP contribution < -0.4 is 21.3 Å². The third-order valence-corrected chi connectivity index (χ3v) is 10.4. The van der Waals surface area contributed by atoms with Gasteiger partial charge in [-0.3, -0.25) is 14.2 Å². The summed E-state index contributed by atoms with van der Waals surface area (Å²) in [5.41, 5.74) is 2.23. The van der Waals surface area contributed by atoms with Crippen molar-refractivity contribution in [3.63, 3.8) is 0 Å². The molecule has 3 heterocycles. The highest BCUT2D eigenvalue weighted by Crippen LogP contribution is 2.45. The lowest BCUT2D eigenvalue weighted by Crippen LogP contribution is -2.29. The zero-order valence-corrected chi connectivity index (χ0v) is 22.2. The monoisotopic (exact) mass is 523 g/mol. The first-order valence-corrected chi connectivity index (χ1v) is 15.0. The molecule has 4 aliphatic carbocycles. The van der Waals surface area contributed by atoms with Crippen LogP contribution in [0.15, 0.2) is 6.33 Å². The first kappa shape index (κ1) is 23.6. The maximum absolute atomic E-state index is 13.4. The van der Waals surface area contributed by atoms with Crippen LogP contribution in [0.5, 0.6) is 0 Å². The summed E-state index contributed by atoms with van der Waals surface area (Å²) in [5, 5.41) is 23.0. The topological polar surface area (TPSA) is 113 Å². The summed E-state index contributed by atoms with van der Waals surface area (Å²) in [6.45, 7) is 2.99. The highest BCUT2D eigenvalue weighted by atomic mass is 32.1. The minimum absolute atomic E-state index is 0.0420. The Morgan fingerprint density at radius 3 is 2.84 bits per heavy atom. The summed E-state index contributed by atoms with van der Waals surface area (Å²) in [4.78, 5) is 27.3. The van der Waals surface area contributed by atoms with E-state index < -0.39 is 0 Å². The largest absolute Gasteiger partial charge is 0.352 e. The van der Waals surface area contributed by atoms with Crippen molar-refractivity contribution in [3.05, 3.63) is 22.3 Å². The van der Waals surface area contributed by atoms with Crippen molar-refractivity contribution in [3.8, 4) is 0 Å². The van der Waals surface area contributed by atoms with Crippen molar-refractivity contribution in [1.29, 1.82) is 0 Å². The van der Waals surface area contributed by atoms with Crippen LogP contribution >= 0.6 is 11.3 Å². The number of hydrogen-bond donors (Lipinski definition) is 4. The van der Waals surface area contributed by atoms with Gasteiger partial charge in [-0.15, -0.1) is 21.5 Å². The normalized spacial score (nSPS) is 28.9. The van der Waals surface area contributed by atoms with E-state index in [2.05, 4.69) is 36.0 Å².